The SMILES string of the molecule is OCC(CO)(Cc1ccc(Br)cn1)c1ccc(Cl)cc1. The van der Waals surface area contributed by atoms with Crippen LogP contribution in [0.1, 0.15) is 11.3 Å². The summed E-state index contributed by atoms with van der Waals surface area (Å²) in [5.41, 5.74) is 0.897. The van der Waals surface area contributed by atoms with Crippen LogP contribution in [-0.2, 0) is 11.8 Å². The summed E-state index contributed by atoms with van der Waals surface area (Å²) in [6.07, 6.45) is 2.16. The Morgan fingerprint density at radius 3 is 2.20 bits per heavy atom. The van der Waals surface area contributed by atoms with Crippen LogP contribution in [0.5, 0.6) is 0 Å². The lowest BCUT2D eigenvalue weighted by Crippen LogP contribution is -2.37. The van der Waals surface area contributed by atoms with E-state index >= 15 is 0 Å². The number of hydrogen-bond acceptors (Lipinski definition) is 3. The molecule has 0 aliphatic rings. The molecule has 0 saturated heterocycles. The minimum absolute atomic E-state index is 0.164. The standard InChI is InChI=1S/C15H15BrClNO2/c16-12-3-6-14(18-8-12)7-15(9-19,10-20)11-1-4-13(17)5-2-11/h1-6,8,19-20H,7,9-10H2. The summed E-state index contributed by atoms with van der Waals surface area (Å²) in [5, 5.41) is 20.2. The molecule has 0 aliphatic carbocycles. The van der Waals surface area contributed by atoms with Crippen molar-refractivity contribution in [1.29, 1.82) is 0 Å². The van der Waals surface area contributed by atoms with E-state index in [9.17, 15) is 10.2 Å². The van der Waals surface area contributed by atoms with Crippen LogP contribution in [0.15, 0.2) is 47.1 Å². The van der Waals surface area contributed by atoms with Gasteiger partial charge in [0.2, 0.25) is 0 Å². The van der Waals surface area contributed by atoms with Gasteiger partial charge < -0.3 is 10.2 Å². The Labute approximate surface area is 131 Å². The molecule has 2 rings (SSSR count). The average Bonchev–Trinajstić information content (AvgIpc) is 2.48. The lowest BCUT2D eigenvalue weighted by atomic mass is 9.78. The summed E-state index contributed by atoms with van der Waals surface area (Å²) >= 11 is 9.22. The first-order valence-electron chi connectivity index (χ1n) is 6.18. The van der Waals surface area contributed by atoms with Crippen molar-refractivity contribution in [2.24, 2.45) is 0 Å². The number of pyridine rings is 1. The Hall–Kier alpha value is -0.940. The van der Waals surface area contributed by atoms with Gasteiger partial charge in [-0.25, -0.2) is 0 Å². The van der Waals surface area contributed by atoms with Crippen molar-refractivity contribution < 1.29 is 10.2 Å². The molecule has 20 heavy (non-hydrogen) atoms. The third-order valence-electron chi connectivity index (χ3n) is 3.37. The van der Waals surface area contributed by atoms with Crippen molar-refractivity contribution in [3.05, 3.63) is 63.3 Å². The second-order valence-electron chi connectivity index (χ2n) is 4.75. The highest BCUT2D eigenvalue weighted by atomic mass is 79.9. The predicted molar refractivity (Wildman–Crippen MR) is 82.9 cm³/mol. The first kappa shape index (κ1) is 15.4. The smallest absolute Gasteiger partial charge is 0.0553 e. The van der Waals surface area contributed by atoms with Gasteiger partial charge in [-0.3, -0.25) is 4.98 Å². The van der Waals surface area contributed by atoms with Crippen LogP contribution < -0.4 is 0 Å². The summed E-state index contributed by atoms with van der Waals surface area (Å²) in [4.78, 5) is 4.31. The molecule has 0 bridgehead atoms. The van der Waals surface area contributed by atoms with Gasteiger partial charge in [-0.1, -0.05) is 23.7 Å². The van der Waals surface area contributed by atoms with Crippen molar-refractivity contribution >= 4 is 27.5 Å². The maximum atomic E-state index is 9.79. The van der Waals surface area contributed by atoms with Crippen molar-refractivity contribution in [2.45, 2.75) is 11.8 Å². The fraction of sp³-hybridized carbons (Fsp3) is 0.267. The van der Waals surface area contributed by atoms with Crippen LogP contribution >= 0.6 is 27.5 Å². The first-order chi connectivity index (χ1) is 9.59. The van der Waals surface area contributed by atoms with E-state index in [-0.39, 0.29) is 13.2 Å². The number of aromatic nitrogens is 1. The first-order valence-corrected chi connectivity index (χ1v) is 7.35. The van der Waals surface area contributed by atoms with Crippen molar-refractivity contribution in [1.82, 2.24) is 4.98 Å². The van der Waals surface area contributed by atoms with E-state index in [2.05, 4.69) is 20.9 Å². The number of halogens is 2. The van der Waals surface area contributed by atoms with Crippen LogP contribution in [0, 0.1) is 0 Å². The Morgan fingerprint density at radius 2 is 1.70 bits per heavy atom. The van der Waals surface area contributed by atoms with Crippen molar-refractivity contribution in [3.63, 3.8) is 0 Å². The average molecular weight is 357 g/mol. The number of hydrogen-bond donors (Lipinski definition) is 2. The molecular formula is C15H15BrClNO2. The molecule has 0 saturated carbocycles. The molecular weight excluding hydrogens is 342 g/mol. The molecule has 1 aromatic heterocycles. The normalized spacial score (nSPS) is 11.6. The molecule has 106 valence electrons. The predicted octanol–water partition coefficient (Wildman–Crippen LogP) is 2.96. The van der Waals surface area contributed by atoms with Crippen molar-refractivity contribution in [3.8, 4) is 0 Å². The van der Waals surface area contributed by atoms with Gasteiger partial charge in [0.15, 0.2) is 0 Å². The molecule has 0 amide bonds. The lowest BCUT2D eigenvalue weighted by Gasteiger charge is -2.30. The van der Waals surface area contributed by atoms with E-state index in [4.69, 9.17) is 11.6 Å². The summed E-state index contributed by atoms with van der Waals surface area (Å²) in [7, 11) is 0. The van der Waals surface area contributed by atoms with Crippen LogP contribution in [0.4, 0.5) is 0 Å². The Morgan fingerprint density at radius 1 is 1.05 bits per heavy atom. The number of rotatable bonds is 5. The third-order valence-corrected chi connectivity index (χ3v) is 4.09. The van der Waals surface area contributed by atoms with E-state index in [1.165, 1.54) is 0 Å². The fourth-order valence-electron chi connectivity index (χ4n) is 2.11. The van der Waals surface area contributed by atoms with E-state index < -0.39 is 5.41 Å². The van der Waals surface area contributed by atoms with Gasteiger partial charge in [-0.05, 0) is 45.8 Å². The molecule has 1 heterocycles. The van der Waals surface area contributed by atoms with E-state index in [0.29, 0.717) is 11.4 Å². The largest absolute Gasteiger partial charge is 0.395 e. The van der Waals surface area contributed by atoms with Crippen LogP contribution in [0.25, 0.3) is 0 Å². The molecule has 2 aromatic rings. The number of benzene rings is 1. The zero-order chi connectivity index (χ0) is 14.6. The molecule has 0 aliphatic heterocycles. The van der Waals surface area contributed by atoms with Gasteiger partial charge in [0.05, 0.1) is 13.2 Å². The molecule has 0 atom stereocenters. The van der Waals surface area contributed by atoms with E-state index in [0.717, 1.165) is 15.7 Å². The van der Waals surface area contributed by atoms with Crippen LogP contribution in [0.2, 0.25) is 5.02 Å². The van der Waals surface area contributed by atoms with Crippen LogP contribution in [0.3, 0.4) is 0 Å². The maximum Gasteiger partial charge on any atom is 0.0553 e. The summed E-state index contributed by atoms with van der Waals surface area (Å²) in [5.74, 6) is 0. The van der Waals surface area contributed by atoms with Gasteiger partial charge in [-0.2, -0.15) is 0 Å². The highest BCUT2D eigenvalue weighted by molar-refractivity contribution is 9.10. The monoisotopic (exact) mass is 355 g/mol. The summed E-state index contributed by atoms with van der Waals surface area (Å²) in [6.45, 7) is -0.328. The highest BCUT2D eigenvalue weighted by Crippen LogP contribution is 2.28. The number of aliphatic hydroxyl groups is 2. The second-order valence-corrected chi connectivity index (χ2v) is 6.10. The molecule has 0 unspecified atom stereocenters. The van der Waals surface area contributed by atoms with Gasteiger partial charge >= 0.3 is 0 Å². The Bertz CT molecular complexity index is 553. The van der Waals surface area contributed by atoms with E-state index in [1.807, 2.05) is 24.3 Å². The fourth-order valence-corrected chi connectivity index (χ4v) is 2.47. The molecule has 1 aromatic carbocycles. The Kier molecular flexibility index (Phi) is 5.16. The third kappa shape index (κ3) is 3.38. The molecule has 0 radical (unpaired) electrons. The quantitative estimate of drug-likeness (QED) is 0.866. The molecule has 0 spiro atoms. The van der Waals surface area contributed by atoms with E-state index in [1.54, 1.807) is 18.3 Å². The van der Waals surface area contributed by atoms with Gasteiger partial charge in [0.25, 0.3) is 0 Å². The highest BCUT2D eigenvalue weighted by Gasteiger charge is 2.31. The van der Waals surface area contributed by atoms with Gasteiger partial charge in [0, 0.05) is 33.2 Å². The Balaban J connectivity index is 2.33. The zero-order valence-corrected chi connectivity index (χ0v) is 13.1. The minimum Gasteiger partial charge on any atom is -0.395 e. The summed E-state index contributed by atoms with van der Waals surface area (Å²) < 4.78 is 0.895. The molecule has 2 N–H and O–H groups in total. The second kappa shape index (κ2) is 6.68. The van der Waals surface area contributed by atoms with Crippen LogP contribution in [-0.4, -0.2) is 28.4 Å². The number of nitrogens with zero attached hydrogens (tertiary/aromatic N) is 1. The summed E-state index contributed by atoms with van der Waals surface area (Å²) in [6, 6.07) is 10.9. The lowest BCUT2D eigenvalue weighted by molar-refractivity contribution is 0.115. The molecule has 3 nitrogen and oxygen atoms in total. The zero-order valence-electron chi connectivity index (χ0n) is 10.8. The molecule has 5 heteroatoms. The molecule has 0 fully saturated rings. The number of aliphatic hydroxyl groups excluding tert-OH is 2. The maximum absolute atomic E-state index is 9.79. The topological polar surface area (TPSA) is 53.4 Å². The van der Waals surface area contributed by atoms with Gasteiger partial charge in [0.1, 0.15) is 0 Å². The van der Waals surface area contributed by atoms with Gasteiger partial charge in [-0.15, -0.1) is 0 Å². The van der Waals surface area contributed by atoms with Crippen molar-refractivity contribution in [2.75, 3.05) is 13.2 Å². The minimum atomic E-state index is -0.759.